The van der Waals surface area contributed by atoms with E-state index < -0.39 is 0 Å². The molecule has 0 unspecified atom stereocenters. The number of hydrogen-bond acceptors (Lipinski definition) is 2. The minimum atomic E-state index is 1.04. The Balaban J connectivity index is 2.04. The summed E-state index contributed by atoms with van der Waals surface area (Å²) in [5, 5.41) is 10.2. The Bertz CT molecular complexity index is 169. The molecule has 3 heteroatoms. The number of H-pyrrole nitrogens is 1. The number of hydrogen-bond donors (Lipinski definition) is 1. The number of rotatable bonds is 5. The fraction of sp³-hybridized carbons (Fsp3) is 0.625. The molecule has 0 aliphatic heterocycles. The van der Waals surface area contributed by atoms with Crippen LogP contribution in [0, 0.1) is 6.92 Å². The number of unbranched alkanes of at least 4 members (excludes halogenated alkanes) is 3. The predicted octanol–water partition coefficient (Wildman–Crippen LogP) is 1.74. The standard InChI is InChI=1S/C8H14N3/c1-2-3-4-5-6-8-7-9-11-10-8/h7H,1-6H2,(H,9,10,11). The molecular weight excluding hydrogens is 138 g/mol. The van der Waals surface area contributed by atoms with E-state index in [-0.39, 0.29) is 0 Å². The van der Waals surface area contributed by atoms with Crippen LogP contribution in [-0.2, 0) is 6.42 Å². The largest absolute Gasteiger partial charge is 0.265 e. The predicted molar refractivity (Wildman–Crippen MR) is 43.9 cm³/mol. The third-order valence-electron chi connectivity index (χ3n) is 1.65. The van der Waals surface area contributed by atoms with Crippen molar-refractivity contribution in [3.8, 4) is 0 Å². The van der Waals surface area contributed by atoms with Crippen LogP contribution in [0.15, 0.2) is 6.20 Å². The summed E-state index contributed by atoms with van der Waals surface area (Å²) in [6, 6.07) is 0. The summed E-state index contributed by atoms with van der Waals surface area (Å²) in [4.78, 5) is 0. The highest BCUT2D eigenvalue weighted by atomic mass is 15.3. The molecular formula is C8H14N3. The second kappa shape index (κ2) is 4.88. The minimum absolute atomic E-state index is 1.04. The smallest absolute Gasteiger partial charge is 0.0824 e. The van der Waals surface area contributed by atoms with Crippen molar-refractivity contribution in [1.82, 2.24) is 15.4 Å². The fourth-order valence-electron chi connectivity index (χ4n) is 1.01. The highest BCUT2D eigenvalue weighted by Crippen LogP contribution is 2.03. The van der Waals surface area contributed by atoms with Crippen LogP contribution in [-0.4, -0.2) is 15.4 Å². The van der Waals surface area contributed by atoms with Crippen molar-refractivity contribution in [1.29, 1.82) is 0 Å². The summed E-state index contributed by atoms with van der Waals surface area (Å²) in [6.07, 6.45) is 7.59. The molecule has 61 valence electrons. The highest BCUT2D eigenvalue weighted by molar-refractivity contribution is 4.89. The van der Waals surface area contributed by atoms with E-state index in [4.69, 9.17) is 0 Å². The van der Waals surface area contributed by atoms with E-state index in [1.54, 1.807) is 0 Å². The summed E-state index contributed by atoms with van der Waals surface area (Å²) in [5.41, 5.74) is 1.06. The lowest BCUT2D eigenvalue weighted by molar-refractivity contribution is 0.677. The molecule has 0 atom stereocenters. The Morgan fingerprint density at radius 1 is 1.36 bits per heavy atom. The molecule has 0 bridgehead atoms. The van der Waals surface area contributed by atoms with Crippen molar-refractivity contribution in [2.75, 3.05) is 0 Å². The van der Waals surface area contributed by atoms with Gasteiger partial charge in [-0.2, -0.15) is 0 Å². The second-order valence-electron chi connectivity index (χ2n) is 2.63. The lowest BCUT2D eigenvalue weighted by Gasteiger charge is -1.94. The molecule has 0 aliphatic rings. The molecule has 0 saturated carbocycles. The summed E-state index contributed by atoms with van der Waals surface area (Å²) in [6.45, 7) is 3.79. The molecule has 3 nitrogen and oxygen atoms in total. The van der Waals surface area contributed by atoms with Gasteiger partial charge in [-0.1, -0.05) is 31.4 Å². The maximum Gasteiger partial charge on any atom is 0.0824 e. The van der Waals surface area contributed by atoms with Crippen LogP contribution in [0.1, 0.15) is 31.4 Å². The van der Waals surface area contributed by atoms with Gasteiger partial charge >= 0.3 is 0 Å². The molecule has 0 aliphatic carbocycles. The zero-order chi connectivity index (χ0) is 7.94. The van der Waals surface area contributed by atoms with Gasteiger partial charge in [0.2, 0.25) is 0 Å². The van der Waals surface area contributed by atoms with Gasteiger partial charge < -0.3 is 0 Å². The summed E-state index contributed by atoms with van der Waals surface area (Å²) >= 11 is 0. The van der Waals surface area contributed by atoms with E-state index in [1.807, 2.05) is 6.20 Å². The van der Waals surface area contributed by atoms with Gasteiger partial charge in [-0.25, -0.2) is 0 Å². The van der Waals surface area contributed by atoms with E-state index in [2.05, 4.69) is 22.3 Å². The Morgan fingerprint density at radius 2 is 2.27 bits per heavy atom. The molecule has 1 heterocycles. The molecule has 0 fully saturated rings. The maximum atomic E-state index is 3.89. The Hall–Kier alpha value is -0.860. The molecule has 1 aromatic heterocycles. The van der Waals surface area contributed by atoms with Crippen molar-refractivity contribution < 1.29 is 0 Å². The van der Waals surface area contributed by atoms with E-state index >= 15 is 0 Å². The number of aromatic nitrogens is 3. The van der Waals surface area contributed by atoms with Gasteiger partial charge in [0, 0.05) is 6.20 Å². The Labute approximate surface area is 67.2 Å². The first-order chi connectivity index (χ1) is 5.43. The zero-order valence-electron chi connectivity index (χ0n) is 6.71. The van der Waals surface area contributed by atoms with Gasteiger partial charge in [0.05, 0.1) is 5.69 Å². The Kier molecular flexibility index (Phi) is 3.65. The lowest BCUT2D eigenvalue weighted by atomic mass is 10.1. The zero-order valence-corrected chi connectivity index (χ0v) is 6.71. The summed E-state index contributed by atoms with van der Waals surface area (Å²) < 4.78 is 0. The number of aryl methyl sites for hydroxylation is 1. The van der Waals surface area contributed by atoms with Gasteiger partial charge in [0.15, 0.2) is 0 Å². The van der Waals surface area contributed by atoms with Gasteiger partial charge in [0.25, 0.3) is 0 Å². The first kappa shape index (κ1) is 8.24. The van der Waals surface area contributed by atoms with Crippen molar-refractivity contribution in [2.45, 2.75) is 32.1 Å². The van der Waals surface area contributed by atoms with E-state index in [1.165, 1.54) is 19.3 Å². The first-order valence-corrected chi connectivity index (χ1v) is 4.08. The maximum absolute atomic E-state index is 3.89. The SMILES string of the molecule is [CH2]CCCCCc1c[nH]nn1. The third-order valence-corrected chi connectivity index (χ3v) is 1.65. The van der Waals surface area contributed by atoms with E-state index in [9.17, 15) is 0 Å². The van der Waals surface area contributed by atoms with Crippen LogP contribution in [0.25, 0.3) is 0 Å². The molecule has 11 heavy (non-hydrogen) atoms. The summed E-state index contributed by atoms with van der Waals surface area (Å²) in [5.74, 6) is 0. The monoisotopic (exact) mass is 152 g/mol. The average Bonchev–Trinajstić information content (AvgIpc) is 2.50. The average molecular weight is 152 g/mol. The second-order valence-corrected chi connectivity index (χ2v) is 2.63. The lowest BCUT2D eigenvalue weighted by Crippen LogP contribution is -1.85. The van der Waals surface area contributed by atoms with Gasteiger partial charge in [-0.05, 0) is 12.8 Å². The van der Waals surface area contributed by atoms with Crippen molar-refractivity contribution in [3.63, 3.8) is 0 Å². The fourth-order valence-corrected chi connectivity index (χ4v) is 1.01. The van der Waals surface area contributed by atoms with Crippen molar-refractivity contribution in [2.24, 2.45) is 0 Å². The topological polar surface area (TPSA) is 41.6 Å². The summed E-state index contributed by atoms with van der Waals surface area (Å²) in [7, 11) is 0. The van der Waals surface area contributed by atoms with Crippen molar-refractivity contribution >= 4 is 0 Å². The van der Waals surface area contributed by atoms with Gasteiger partial charge in [-0.15, -0.1) is 5.10 Å². The highest BCUT2D eigenvalue weighted by Gasteiger charge is 1.94. The molecule has 0 aromatic carbocycles. The molecule has 0 spiro atoms. The van der Waals surface area contributed by atoms with Crippen molar-refractivity contribution in [3.05, 3.63) is 18.8 Å². The molecule has 0 amide bonds. The number of aromatic amines is 1. The van der Waals surface area contributed by atoms with Crippen LogP contribution >= 0.6 is 0 Å². The van der Waals surface area contributed by atoms with Gasteiger partial charge in [-0.3, -0.25) is 5.10 Å². The number of nitrogens with zero attached hydrogens (tertiary/aromatic N) is 2. The normalized spacial score (nSPS) is 10.3. The molecule has 0 saturated heterocycles. The Morgan fingerprint density at radius 3 is 2.91 bits per heavy atom. The molecule has 1 aromatic rings. The molecule has 1 radical (unpaired) electrons. The van der Waals surface area contributed by atoms with Crippen LogP contribution in [0.4, 0.5) is 0 Å². The number of nitrogens with one attached hydrogen (secondary N) is 1. The molecule has 1 rings (SSSR count). The van der Waals surface area contributed by atoms with Crippen LogP contribution in [0.3, 0.4) is 0 Å². The quantitative estimate of drug-likeness (QED) is 0.653. The first-order valence-electron chi connectivity index (χ1n) is 4.08. The van der Waals surface area contributed by atoms with E-state index in [0.29, 0.717) is 0 Å². The van der Waals surface area contributed by atoms with E-state index in [0.717, 1.165) is 18.5 Å². The minimum Gasteiger partial charge on any atom is -0.265 e. The third kappa shape index (κ3) is 3.16. The van der Waals surface area contributed by atoms with Gasteiger partial charge in [0.1, 0.15) is 0 Å². The van der Waals surface area contributed by atoms with Crippen LogP contribution in [0.2, 0.25) is 0 Å². The van der Waals surface area contributed by atoms with Crippen LogP contribution < -0.4 is 0 Å². The molecule has 1 N–H and O–H groups in total. The van der Waals surface area contributed by atoms with Crippen LogP contribution in [0.5, 0.6) is 0 Å².